The topological polar surface area (TPSA) is 12.0 Å². The van der Waals surface area contributed by atoms with E-state index in [1.54, 1.807) is 11.9 Å². The first kappa shape index (κ1) is 8.60. The molecule has 1 nitrogen and oxygen atoms in total. The Kier molecular flexibility index (Phi) is 2.44. The van der Waals surface area contributed by atoms with Crippen molar-refractivity contribution in [2.45, 2.75) is 24.3 Å². The van der Waals surface area contributed by atoms with Crippen molar-refractivity contribution in [3.8, 4) is 0 Å². The summed E-state index contributed by atoms with van der Waals surface area (Å²) in [5.74, 6) is 0. The van der Waals surface area contributed by atoms with Crippen LogP contribution in [0, 0.1) is 0 Å². The summed E-state index contributed by atoms with van der Waals surface area (Å²) in [6, 6.07) is 6.98. The van der Waals surface area contributed by atoms with Crippen LogP contribution in [0.4, 0.5) is 0 Å². The molecule has 0 radical (unpaired) electrons. The molecule has 0 amide bonds. The quantitative estimate of drug-likeness (QED) is 0.758. The zero-order valence-electron chi connectivity index (χ0n) is 6.80. The number of halogens is 1. The summed E-state index contributed by atoms with van der Waals surface area (Å²) < 4.78 is 4.57. The van der Waals surface area contributed by atoms with Gasteiger partial charge < -0.3 is 0 Å². The minimum absolute atomic E-state index is 0.530. The van der Waals surface area contributed by atoms with E-state index in [2.05, 4.69) is 45.8 Å². The molecule has 0 saturated heterocycles. The lowest BCUT2D eigenvalue weighted by Gasteiger charge is -2.06. The summed E-state index contributed by atoms with van der Waals surface area (Å²) in [4.78, 5) is 1.37. The minimum Gasteiger partial charge on any atom is -0.252 e. The van der Waals surface area contributed by atoms with Crippen molar-refractivity contribution in [3.05, 3.63) is 28.2 Å². The highest BCUT2D eigenvalue weighted by Gasteiger charge is 2.20. The molecule has 3 heteroatoms. The molecular formula is C9H10BrNS. The molecule has 1 aliphatic rings. The van der Waals surface area contributed by atoms with Gasteiger partial charge in [0, 0.05) is 15.4 Å². The second-order valence-electron chi connectivity index (χ2n) is 2.86. The molecule has 0 aromatic heterocycles. The van der Waals surface area contributed by atoms with E-state index >= 15 is 0 Å². The maximum Gasteiger partial charge on any atom is 0.0434 e. The molecule has 0 aliphatic carbocycles. The Bertz CT molecular complexity index is 301. The van der Waals surface area contributed by atoms with Crippen LogP contribution in [0.1, 0.15) is 24.9 Å². The van der Waals surface area contributed by atoms with Crippen LogP contribution in [0.25, 0.3) is 0 Å². The Morgan fingerprint density at radius 2 is 2.42 bits per heavy atom. The number of nitrogens with one attached hydrogen (secondary N) is 1. The van der Waals surface area contributed by atoms with Gasteiger partial charge in [0.15, 0.2) is 0 Å². The molecule has 2 rings (SSSR count). The van der Waals surface area contributed by atoms with Gasteiger partial charge in [-0.25, -0.2) is 0 Å². The van der Waals surface area contributed by atoms with Crippen molar-refractivity contribution in [1.82, 2.24) is 4.72 Å². The normalized spacial score (nSPS) is 21.0. The molecule has 1 N–H and O–H groups in total. The largest absolute Gasteiger partial charge is 0.252 e. The minimum atomic E-state index is 0.530. The second-order valence-corrected chi connectivity index (χ2v) is 4.66. The van der Waals surface area contributed by atoms with Crippen LogP contribution in [0.3, 0.4) is 0 Å². The third-order valence-corrected chi connectivity index (χ3v) is 3.55. The van der Waals surface area contributed by atoms with E-state index in [1.807, 2.05) is 0 Å². The predicted octanol–water partition coefficient (Wildman–Crippen LogP) is 3.51. The van der Waals surface area contributed by atoms with E-state index < -0.39 is 0 Å². The zero-order chi connectivity index (χ0) is 8.55. The fourth-order valence-corrected chi connectivity index (χ4v) is 2.78. The van der Waals surface area contributed by atoms with Gasteiger partial charge in [0.25, 0.3) is 0 Å². The Morgan fingerprint density at radius 3 is 3.17 bits per heavy atom. The molecule has 1 aromatic carbocycles. The lowest BCUT2D eigenvalue weighted by Crippen LogP contribution is -2.05. The standard InChI is InChI=1S/C9H10BrNS/c1-2-8-7-5-6(10)3-4-9(7)12-11-8/h3-5,8,11H,2H2,1H3. The molecule has 64 valence electrons. The highest BCUT2D eigenvalue weighted by molar-refractivity contribution is 9.10. The first-order valence-corrected chi connectivity index (χ1v) is 5.64. The highest BCUT2D eigenvalue weighted by atomic mass is 79.9. The monoisotopic (exact) mass is 243 g/mol. The Balaban J connectivity index is 2.42. The molecule has 12 heavy (non-hydrogen) atoms. The van der Waals surface area contributed by atoms with Gasteiger partial charge in [0.05, 0.1) is 0 Å². The van der Waals surface area contributed by atoms with Crippen molar-refractivity contribution in [2.75, 3.05) is 0 Å². The first-order valence-electron chi connectivity index (χ1n) is 4.03. The van der Waals surface area contributed by atoms with Gasteiger partial charge in [-0.3, -0.25) is 4.72 Å². The van der Waals surface area contributed by atoms with E-state index in [-0.39, 0.29) is 0 Å². The number of benzene rings is 1. The summed E-state index contributed by atoms with van der Waals surface area (Å²) in [6.45, 7) is 2.20. The number of hydrogen-bond donors (Lipinski definition) is 1. The highest BCUT2D eigenvalue weighted by Crippen LogP contribution is 2.37. The van der Waals surface area contributed by atoms with Gasteiger partial charge >= 0.3 is 0 Å². The third kappa shape index (κ3) is 1.41. The van der Waals surface area contributed by atoms with Gasteiger partial charge in [0.2, 0.25) is 0 Å². The fourth-order valence-electron chi connectivity index (χ4n) is 1.39. The predicted molar refractivity (Wildman–Crippen MR) is 56.2 cm³/mol. The van der Waals surface area contributed by atoms with Crippen LogP contribution in [0.15, 0.2) is 27.6 Å². The molecular weight excluding hydrogens is 234 g/mol. The molecule has 1 aliphatic heterocycles. The maximum absolute atomic E-state index is 3.48. The van der Waals surface area contributed by atoms with E-state index in [4.69, 9.17) is 0 Å². The number of hydrogen-bond acceptors (Lipinski definition) is 2. The molecule has 0 fully saturated rings. The lowest BCUT2D eigenvalue weighted by atomic mass is 10.1. The fraction of sp³-hybridized carbons (Fsp3) is 0.333. The first-order chi connectivity index (χ1) is 5.81. The molecule has 1 atom stereocenters. The average molecular weight is 244 g/mol. The zero-order valence-corrected chi connectivity index (χ0v) is 9.21. The Labute approximate surface area is 85.2 Å². The molecule has 1 heterocycles. The third-order valence-electron chi connectivity index (χ3n) is 2.07. The molecule has 1 aromatic rings. The molecule has 0 saturated carbocycles. The number of fused-ring (bicyclic) bond motifs is 1. The van der Waals surface area contributed by atoms with Gasteiger partial charge in [-0.05, 0) is 42.1 Å². The van der Waals surface area contributed by atoms with Crippen molar-refractivity contribution in [2.24, 2.45) is 0 Å². The van der Waals surface area contributed by atoms with E-state index in [9.17, 15) is 0 Å². The van der Waals surface area contributed by atoms with Crippen molar-refractivity contribution in [3.63, 3.8) is 0 Å². The van der Waals surface area contributed by atoms with Crippen molar-refractivity contribution >= 4 is 27.9 Å². The summed E-state index contributed by atoms with van der Waals surface area (Å²) in [6.07, 6.45) is 1.15. The molecule has 0 spiro atoms. The average Bonchev–Trinajstić information content (AvgIpc) is 2.46. The van der Waals surface area contributed by atoms with Crippen molar-refractivity contribution in [1.29, 1.82) is 0 Å². The van der Waals surface area contributed by atoms with Crippen LogP contribution in [-0.4, -0.2) is 0 Å². The van der Waals surface area contributed by atoms with Crippen LogP contribution in [0.5, 0.6) is 0 Å². The summed E-state index contributed by atoms with van der Waals surface area (Å²) >= 11 is 5.22. The second kappa shape index (κ2) is 3.40. The summed E-state index contributed by atoms with van der Waals surface area (Å²) in [5, 5.41) is 0. The smallest absolute Gasteiger partial charge is 0.0434 e. The van der Waals surface area contributed by atoms with Gasteiger partial charge in [-0.15, -0.1) is 0 Å². The van der Waals surface area contributed by atoms with Crippen LogP contribution >= 0.6 is 27.9 Å². The molecule has 1 unspecified atom stereocenters. The lowest BCUT2D eigenvalue weighted by molar-refractivity contribution is 0.660. The SMILES string of the molecule is CCC1NSc2ccc(Br)cc21. The maximum atomic E-state index is 3.48. The van der Waals surface area contributed by atoms with E-state index in [1.165, 1.54) is 14.9 Å². The van der Waals surface area contributed by atoms with Gasteiger partial charge in [-0.2, -0.15) is 0 Å². The van der Waals surface area contributed by atoms with Crippen LogP contribution in [0.2, 0.25) is 0 Å². The Morgan fingerprint density at radius 1 is 1.58 bits per heavy atom. The van der Waals surface area contributed by atoms with Crippen LogP contribution < -0.4 is 4.72 Å². The van der Waals surface area contributed by atoms with Crippen molar-refractivity contribution < 1.29 is 0 Å². The molecule has 0 bridgehead atoms. The summed E-state index contributed by atoms with van der Waals surface area (Å²) in [7, 11) is 0. The summed E-state index contributed by atoms with van der Waals surface area (Å²) in [5.41, 5.74) is 1.43. The Hall–Kier alpha value is 0.01000. The van der Waals surface area contributed by atoms with E-state index in [0.29, 0.717) is 6.04 Å². The van der Waals surface area contributed by atoms with E-state index in [0.717, 1.165) is 6.42 Å². The number of rotatable bonds is 1. The van der Waals surface area contributed by atoms with Crippen LogP contribution in [-0.2, 0) is 0 Å². The van der Waals surface area contributed by atoms with Gasteiger partial charge in [-0.1, -0.05) is 22.9 Å². The van der Waals surface area contributed by atoms with Gasteiger partial charge in [0.1, 0.15) is 0 Å².